The van der Waals surface area contributed by atoms with E-state index in [-0.39, 0.29) is 4.90 Å². The third-order valence-corrected chi connectivity index (χ3v) is 5.82. The molecule has 0 aliphatic carbocycles. The molecule has 4 aromatic rings. The number of nitrogens with one attached hydrogen (secondary N) is 2. The SMILES string of the molecule is O=S(=O)(Nc1cccc2nsnc12)c1c[nH]c2ncc(I)cc12. The average molecular weight is 457 g/mol. The minimum absolute atomic E-state index is 0.152. The minimum atomic E-state index is -3.77. The van der Waals surface area contributed by atoms with Crippen LogP contribution in [0.15, 0.2) is 41.6 Å². The van der Waals surface area contributed by atoms with Crippen molar-refractivity contribution in [1.82, 2.24) is 18.7 Å². The number of nitrogens with zero attached hydrogens (tertiary/aromatic N) is 3. The fourth-order valence-electron chi connectivity index (χ4n) is 2.26. The normalized spacial score (nSPS) is 12.0. The summed E-state index contributed by atoms with van der Waals surface area (Å²) in [7, 11) is -3.77. The summed E-state index contributed by atoms with van der Waals surface area (Å²) >= 11 is 3.14. The molecule has 0 saturated carbocycles. The van der Waals surface area contributed by atoms with Gasteiger partial charge in [0.15, 0.2) is 0 Å². The monoisotopic (exact) mass is 457 g/mol. The molecule has 0 radical (unpaired) electrons. The summed E-state index contributed by atoms with van der Waals surface area (Å²) in [5, 5.41) is 0.549. The molecule has 0 unspecified atom stereocenters. The number of halogens is 1. The molecule has 0 atom stereocenters. The number of aromatic amines is 1. The summed E-state index contributed by atoms with van der Waals surface area (Å²) in [4.78, 5) is 7.22. The van der Waals surface area contributed by atoms with Crippen molar-refractivity contribution >= 4 is 72.1 Å². The van der Waals surface area contributed by atoms with Crippen LogP contribution in [0.5, 0.6) is 0 Å². The van der Waals surface area contributed by atoms with Crippen molar-refractivity contribution in [3.63, 3.8) is 0 Å². The zero-order valence-electron chi connectivity index (χ0n) is 11.3. The molecule has 2 N–H and O–H groups in total. The van der Waals surface area contributed by atoms with Gasteiger partial charge < -0.3 is 4.98 Å². The zero-order valence-corrected chi connectivity index (χ0v) is 15.1. The predicted octanol–water partition coefficient (Wildman–Crippen LogP) is 2.97. The lowest BCUT2D eigenvalue weighted by Crippen LogP contribution is -2.12. The van der Waals surface area contributed by atoms with E-state index in [0.29, 0.717) is 27.8 Å². The molecule has 3 aromatic heterocycles. The molecule has 0 fully saturated rings. The van der Waals surface area contributed by atoms with Gasteiger partial charge in [-0.1, -0.05) is 6.07 Å². The number of H-pyrrole nitrogens is 1. The molecule has 3 heterocycles. The molecule has 0 amide bonds. The summed E-state index contributed by atoms with van der Waals surface area (Å²) in [6.07, 6.45) is 3.11. The molecule has 7 nitrogen and oxygen atoms in total. The van der Waals surface area contributed by atoms with E-state index in [1.807, 2.05) is 0 Å². The Labute approximate surface area is 148 Å². The smallest absolute Gasteiger partial charge is 0.264 e. The third kappa shape index (κ3) is 2.56. The maximum Gasteiger partial charge on any atom is 0.264 e. The highest BCUT2D eigenvalue weighted by Crippen LogP contribution is 2.27. The molecule has 4 rings (SSSR count). The second kappa shape index (κ2) is 5.39. The van der Waals surface area contributed by atoms with E-state index in [4.69, 9.17) is 0 Å². The minimum Gasteiger partial charge on any atom is -0.345 e. The Hall–Kier alpha value is -1.79. The zero-order chi connectivity index (χ0) is 16.0. The predicted molar refractivity (Wildman–Crippen MR) is 97.0 cm³/mol. The van der Waals surface area contributed by atoms with E-state index >= 15 is 0 Å². The number of aromatic nitrogens is 4. The van der Waals surface area contributed by atoms with Gasteiger partial charge in [0.1, 0.15) is 21.6 Å². The van der Waals surface area contributed by atoms with E-state index in [9.17, 15) is 8.42 Å². The number of hydrogen-bond donors (Lipinski definition) is 2. The first kappa shape index (κ1) is 14.8. The highest BCUT2D eigenvalue weighted by atomic mass is 127. The van der Waals surface area contributed by atoms with Crippen LogP contribution in [0.25, 0.3) is 22.1 Å². The highest BCUT2D eigenvalue weighted by molar-refractivity contribution is 14.1. The van der Waals surface area contributed by atoms with Crippen LogP contribution in [0.4, 0.5) is 5.69 Å². The first-order valence-corrected chi connectivity index (χ1v) is 9.70. The number of benzene rings is 1. The van der Waals surface area contributed by atoms with Crippen molar-refractivity contribution in [2.45, 2.75) is 4.90 Å². The Balaban J connectivity index is 1.83. The van der Waals surface area contributed by atoms with Crippen molar-refractivity contribution < 1.29 is 8.42 Å². The number of hydrogen-bond acceptors (Lipinski definition) is 6. The Morgan fingerprint density at radius 3 is 3.00 bits per heavy atom. The average Bonchev–Trinajstić information content (AvgIpc) is 3.13. The maximum atomic E-state index is 12.7. The van der Waals surface area contributed by atoms with Crippen molar-refractivity contribution in [3.05, 3.63) is 40.2 Å². The molecule has 0 bridgehead atoms. The molecule has 0 spiro atoms. The number of pyridine rings is 1. The fourth-order valence-corrected chi connectivity index (χ4v) is 4.49. The highest BCUT2D eigenvalue weighted by Gasteiger charge is 2.21. The summed E-state index contributed by atoms with van der Waals surface area (Å²) in [6.45, 7) is 0. The first-order valence-electron chi connectivity index (χ1n) is 6.41. The van der Waals surface area contributed by atoms with Gasteiger partial charge in [-0.3, -0.25) is 4.72 Å². The van der Waals surface area contributed by atoms with Crippen LogP contribution in [0.2, 0.25) is 0 Å². The first-order chi connectivity index (χ1) is 11.0. The lowest BCUT2D eigenvalue weighted by molar-refractivity contribution is 0.602. The van der Waals surface area contributed by atoms with E-state index in [2.05, 4.69) is 46.0 Å². The molecule has 116 valence electrons. The summed E-state index contributed by atoms with van der Waals surface area (Å²) in [5.74, 6) is 0. The van der Waals surface area contributed by atoms with Gasteiger partial charge in [-0.05, 0) is 40.8 Å². The second-order valence-corrected chi connectivity index (χ2v) is 8.17. The Morgan fingerprint density at radius 1 is 1.26 bits per heavy atom. The third-order valence-electron chi connectivity index (χ3n) is 3.28. The molecule has 0 saturated heterocycles. The maximum absolute atomic E-state index is 12.7. The van der Waals surface area contributed by atoms with Gasteiger partial charge in [0, 0.05) is 21.4 Å². The molecular weight excluding hydrogens is 449 g/mol. The standard InChI is InChI=1S/C13H8IN5O2S2/c14-7-4-8-11(6-16-13(8)15-5-7)23(20,21)19-10-3-1-2-9-12(10)18-22-17-9/h1-6,19H,(H,15,16). The number of fused-ring (bicyclic) bond motifs is 2. The molecule has 10 heteroatoms. The van der Waals surface area contributed by atoms with E-state index in [0.717, 1.165) is 15.3 Å². The van der Waals surface area contributed by atoms with E-state index in [1.54, 1.807) is 30.5 Å². The molecule has 0 aliphatic heterocycles. The molecular formula is C13H8IN5O2S2. The van der Waals surface area contributed by atoms with Gasteiger partial charge in [0.2, 0.25) is 0 Å². The van der Waals surface area contributed by atoms with Crippen LogP contribution < -0.4 is 4.72 Å². The number of rotatable bonds is 3. The van der Waals surface area contributed by atoms with E-state index in [1.165, 1.54) is 6.20 Å². The summed E-state index contributed by atoms with van der Waals surface area (Å²) < 4.78 is 37.2. The van der Waals surface area contributed by atoms with Crippen LogP contribution in [0.1, 0.15) is 0 Å². The Morgan fingerprint density at radius 2 is 2.13 bits per heavy atom. The van der Waals surface area contributed by atoms with Crippen LogP contribution in [0, 0.1) is 3.57 Å². The molecule has 1 aromatic carbocycles. The van der Waals surface area contributed by atoms with Gasteiger partial charge in [-0.2, -0.15) is 8.75 Å². The van der Waals surface area contributed by atoms with Gasteiger partial charge >= 0.3 is 0 Å². The lowest BCUT2D eigenvalue weighted by Gasteiger charge is -2.07. The van der Waals surface area contributed by atoms with Crippen LogP contribution in [-0.4, -0.2) is 27.1 Å². The quantitative estimate of drug-likeness (QED) is 0.461. The number of anilines is 1. The van der Waals surface area contributed by atoms with Gasteiger partial charge in [0.05, 0.1) is 17.4 Å². The molecule has 0 aliphatic rings. The number of sulfonamides is 1. The molecule has 23 heavy (non-hydrogen) atoms. The van der Waals surface area contributed by atoms with Crippen molar-refractivity contribution in [2.75, 3.05) is 4.72 Å². The largest absolute Gasteiger partial charge is 0.345 e. The van der Waals surface area contributed by atoms with Gasteiger partial charge in [-0.25, -0.2) is 13.4 Å². The second-order valence-electron chi connectivity index (χ2n) is 4.75. The van der Waals surface area contributed by atoms with Crippen LogP contribution in [-0.2, 0) is 10.0 Å². The lowest BCUT2D eigenvalue weighted by atomic mass is 10.3. The fraction of sp³-hybridized carbons (Fsp3) is 0. The van der Waals surface area contributed by atoms with Crippen LogP contribution in [0.3, 0.4) is 0 Å². The Bertz CT molecular complexity index is 1140. The topological polar surface area (TPSA) is 101 Å². The van der Waals surface area contributed by atoms with Crippen molar-refractivity contribution in [1.29, 1.82) is 0 Å². The van der Waals surface area contributed by atoms with Gasteiger partial charge in [-0.15, -0.1) is 0 Å². The van der Waals surface area contributed by atoms with Crippen molar-refractivity contribution in [3.8, 4) is 0 Å². The Kier molecular flexibility index (Phi) is 3.46. The van der Waals surface area contributed by atoms with Gasteiger partial charge in [0.25, 0.3) is 10.0 Å². The van der Waals surface area contributed by atoms with Crippen LogP contribution >= 0.6 is 34.3 Å². The summed E-state index contributed by atoms with van der Waals surface area (Å²) in [6, 6.07) is 6.97. The summed E-state index contributed by atoms with van der Waals surface area (Å²) in [5.41, 5.74) is 2.13. The van der Waals surface area contributed by atoms with Crippen molar-refractivity contribution in [2.24, 2.45) is 0 Å². The van der Waals surface area contributed by atoms with E-state index < -0.39 is 10.0 Å².